The van der Waals surface area contributed by atoms with E-state index in [4.69, 9.17) is 4.43 Å². The van der Waals surface area contributed by atoms with Crippen molar-refractivity contribution in [2.24, 2.45) is 0 Å². The number of hydrogen-bond donors (Lipinski definition) is 2. The monoisotopic (exact) mass is 633 g/mol. The summed E-state index contributed by atoms with van der Waals surface area (Å²) in [6.07, 6.45) is 2.54. The predicted octanol–water partition coefficient (Wildman–Crippen LogP) is 6.70. The lowest BCUT2D eigenvalue weighted by atomic mass is 10.1. The van der Waals surface area contributed by atoms with Gasteiger partial charge in [-0.2, -0.15) is 0 Å². The van der Waals surface area contributed by atoms with Crippen LogP contribution in [0, 0.1) is 0 Å². The zero-order valence-electron chi connectivity index (χ0n) is 24.9. The van der Waals surface area contributed by atoms with Gasteiger partial charge in [0.1, 0.15) is 5.01 Å². The van der Waals surface area contributed by atoms with E-state index in [1.54, 1.807) is 18.3 Å². The van der Waals surface area contributed by atoms with Crippen LogP contribution in [0.3, 0.4) is 0 Å². The maximum Gasteiger partial charge on any atom is 0.257 e. The Balaban J connectivity index is 1.27. The summed E-state index contributed by atoms with van der Waals surface area (Å²) >= 11 is 1.50. The van der Waals surface area contributed by atoms with Crippen molar-refractivity contribution in [2.45, 2.75) is 61.7 Å². The summed E-state index contributed by atoms with van der Waals surface area (Å²) < 4.78 is 32.9. The van der Waals surface area contributed by atoms with E-state index in [1.165, 1.54) is 41.7 Å². The number of aromatic nitrogens is 1. The first-order chi connectivity index (χ1) is 20.3. The van der Waals surface area contributed by atoms with Gasteiger partial charge in [0.05, 0.1) is 27.6 Å². The van der Waals surface area contributed by atoms with Crippen LogP contribution in [-0.4, -0.2) is 40.1 Å². The minimum absolute atomic E-state index is 0.0529. The number of sulfone groups is 1. The summed E-state index contributed by atoms with van der Waals surface area (Å²) in [6.45, 7) is 12.1. The molecule has 5 rings (SSSR count). The molecule has 0 spiro atoms. The number of nitrogens with one attached hydrogen (secondary N) is 2. The van der Waals surface area contributed by atoms with Gasteiger partial charge in [-0.25, -0.2) is 13.4 Å². The Morgan fingerprint density at radius 3 is 2.44 bits per heavy atom. The summed E-state index contributed by atoms with van der Waals surface area (Å²) in [5.41, 5.74) is 2.58. The third-order valence-electron chi connectivity index (χ3n) is 8.07. The fourth-order valence-electron chi connectivity index (χ4n) is 4.56. The molecule has 0 bridgehead atoms. The average Bonchev–Trinajstić information content (AvgIpc) is 3.41. The highest BCUT2D eigenvalue weighted by atomic mass is 32.2. The third-order valence-corrected chi connectivity index (χ3v) is 15.5. The van der Waals surface area contributed by atoms with Gasteiger partial charge < -0.3 is 15.1 Å². The van der Waals surface area contributed by atoms with E-state index in [0.29, 0.717) is 6.61 Å². The van der Waals surface area contributed by atoms with Crippen molar-refractivity contribution in [1.29, 1.82) is 0 Å². The Morgan fingerprint density at radius 1 is 1.00 bits per heavy atom. The lowest BCUT2D eigenvalue weighted by Gasteiger charge is -2.36. The number of carbonyl (C=O) groups excluding carboxylic acids is 2. The molecule has 1 aromatic heterocycles. The van der Waals surface area contributed by atoms with E-state index in [1.807, 2.05) is 12.1 Å². The van der Waals surface area contributed by atoms with Crippen molar-refractivity contribution in [1.82, 2.24) is 10.3 Å². The van der Waals surface area contributed by atoms with E-state index in [-0.39, 0.29) is 38.2 Å². The number of hydrogen-bond acceptors (Lipinski definition) is 7. The molecule has 0 aliphatic carbocycles. The van der Waals surface area contributed by atoms with E-state index in [2.05, 4.69) is 61.6 Å². The van der Waals surface area contributed by atoms with Gasteiger partial charge >= 0.3 is 0 Å². The highest BCUT2D eigenvalue weighted by Crippen LogP contribution is 2.37. The van der Waals surface area contributed by atoms with Crippen LogP contribution >= 0.6 is 11.3 Å². The van der Waals surface area contributed by atoms with Crippen LogP contribution in [0.15, 0.2) is 82.7 Å². The molecule has 2 N–H and O–H groups in total. The fraction of sp³-hybridized carbons (Fsp3) is 0.281. The summed E-state index contributed by atoms with van der Waals surface area (Å²) in [7, 11) is -5.78. The molecule has 1 aliphatic heterocycles. The molecule has 0 unspecified atom stereocenters. The number of anilines is 1. The second-order valence-electron chi connectivity index (χ2n) is 12.0. The highest BCUT2D eigenvalue weighted by Gasteiger charge is 2.37. The van der Waals surface area contributed by atoms with Crippen molar-refractivity contribution < 1.29 is 22.4 Å². The minimum atomic E-state index is -3.94. The van der Waals surface area contributed by atoms with Crippen LogP contribution in [0.2, 0.25) is 18.1 Å². The molecule has 0 radical (unpaired) electrons. The summed E-state index contributed by atoms with van der Waals surface area (Å²) in [5.74, 6) is -0.936. The van der Waals surface area contributed by atoms with Crippen molar-refractivity contribution in [2.75, 3.05) is 11.9 Å². The van der Waals surface area contributed by atoms with Crippen LogP contribution in [0.5, 0.6) is 0 Å². The maximum absolute atomic E-state index is 13.2. The molecular formula is C32H35N3O5S2Si. The molecule has 0 fully saturated rings. The van der Waals surface area contributed by atoms with Gasteiger partial charge in [-0.15, -0.1) is 11.3 Å². The molecular weight excluding hydrogens is 599 g/mol. The minimum Gasteiger partial charge on any atom is -0.416 e. The maximum atomic E-state index is 13.2. The summed E-state index contributed by atoms with van der Waals surface area (Å²) in [6, 6.07) is 18.4. The molecule has 2 amide bonds. The van der Waals surface area contributed by atoms with E-state index >= 15 is 0 Å². The van der Waals surface area contributed by atoms with E-state index in [0.717, 1.165) is 27.4 Å². The zero-order chi connectivity index (χ0) is 31.0. The number of amides is 2. The number of rotatable bonds is 8. The molecule has 11 heteroatoms. The largest absolute Gasteiger partial charge is 0.416 e. The van der Waals surface area contributed by atoms with Crippen LogP contribution in [0.1, 0.15) is 51.9 Å². The van der Waals surface area contributed by atoms with Gasteiger partial charge in [0.15, 0.2) is 8.32 Å². The quantitative estimate of drug-likeness (QED) is 0.209. The Labute approximate surface area is 257 Å². The van der Waals surface area contributed by atoms with Gasteiger partial charge in [-0.1, -0.05) is 57.2 Å². The molecule has 4 aromatic rings. The third kappa shape index (κ3) is 6.35. The van der Waals surface area contributed by atoms with Crippen LogP contribution in [0.4, 0.5) is 5.69 Å². The molecule has 0 saturated heterocycles. The zero-order valence-corrected chi connectivity index (χ0v) is 27.5. The first-order valence-corrected chi connectivity index (χ1v) is 19.2. The predicted molar refractivity (Wildman–Crippen MR) is 172 cm³/mol. The van der Waals surface area contributed by atoms with Crippen molar-refractivity contribution in [3.8, 4) is 10.6 Å². The second kappa shape index (κ2) is 11.8. The standard InChI is InChI=1S/C32H35N3O5S2Si/c1-32(2,3)43(4,5)40-17-16-21-10-6-7-11-24(21)31-34-20-23(41-31)19-33-29(36)22-14-15-28-26(18-22)35-30(37)25-12-8-9-13-27(25)42(28,38)39/h6-15,18,20H,16-17,19H2,1-5H3,(H,33,36)(H,35,37). The van der Waals surface area contributed by atoms with Crippen molar-refractivity contribution in [3.63, 3.8) is 0 Å². The molecule has 1 aliphatic rings. The number of carbonyl (C=O) groups is 2. The number of nitrogens with zero attached hydrogens (tertiary/aromatic N) is 1. The lowest BCUT2D eigenvalue weighted by Crippen LogP contribution is -2.41. The summed E-state index contributed by atoms with van der Waals surface area (Å²) in [4.78, 5) is 31.2. The Bertz CT molecular complexity index is 1810. The van der Waals surface area contributed by atoms with Crippen molar-refractivity contribution >= 4 is 47.0 Å². The van der Waals surface area contributed by atoms with Gasteiger partial charge in [-0.05, 0) is 60.4 Å². The van der Waals surface area contributed by atoms with E-state index < -0.39 is 30.0 Å². The Hall–Kier alpha value is -3.64. The number of thiazole rings is 1. The highest BCUT2D eigenvalue weighted by molar-refractivity contribution is 7.91. The smallest absolute Gasteiger partial charge is 0.257 e. The molecule has 8 nitrogen and oxygen atoms in total. The molecule has 2 heterocycles. The topological polar surface area (TPSA) is 114 Å². The molecule has 0 atom stereocenters. The number of benzene rings is 3. The molecule has 224 valence electrons. The van der Waals surface area contributed by atoms with Gasteiger partial charge in [0.25, 0.3) is 11.8 Å². The van der Waals surface area contributed by atoms with Gasteiger partial charge in [0, 0.05) is 28.8 Å². The second-order valence-corrected chi connectivity index (χ2v) is 19.8. The van der Waals surface area contributed by atoms with Gasteiger partial charge in [0.2, 0.25) is 9.84 Å². The van der Waals surface area contributed by atoms with Crippen LogP contribution in [-0.2, 0) is 27.2 Å². The molecule has 3 aromatic carbocycles. The summed E-state index contributed by atoms with van der Waals surface area (Å²) in [5, 5.41) is 6.55. The molecule has 43 heavy (non-hydrogen) atoms. The normalized spacial score (nSPS) is 14.3. The van der Waals surface area contributed by atoms with Crippen LogP contribution in [0.25, 0.3) is 10.6 Å². The fourth-order valence-corrected chi connectivity index (χ4v) is 8.11. The lowest BCUT2D eigenvalue weighted by molar-refractivity contribution is 0.0949. The first-order valence-electron chi connectivity index (χ1n) is 14.0. The van der Waals surface area contributed by atoms with E-state index in [9.17, 15) is 18.0 Å². The van der Waals surface area contributed by atoms with Crippen molar-refractivity contribution in [3.05, 3.63) is 94.5 Å². The van der Waals surface area contributed by atoms with Crippen LogP contribution < -0.4 is 10.6 Å². The average molecular weight is 634 g/mol. The molecule has 0 saturated carbocycles. The first kappa shape index (κ1) is 30.8. The van der Waals surface area contributed by atoms with Gasteiger partial charge in [-0.3, -0.25) is 9.59 Å². The SMILES string of the molecule is CC(C)(C)[Si](C)(C)OCCc1ccccc1-c1ncc(CNC(=O)c2ccc3c(c2)NC(=O)c2ccccc2S3(=O)=O)s1. The number of fused-ring (bicyclic) bond motifs is 2. The Kier molecular flexibility index (Phi) is 8.45. The Morgan fingerprint density at radius 2 is 1.70 bits per heavy atom.